The van der Waals surface area contributed by atoms with Gasteiger partial charge < -0.3 is 15.1 Å². The molecule has 0 spiro atoms. The van der Waals surface area contributed by atoms with Crippen LogP contribution in [0.1, 0.15) is 5.69 Å². The van der Waals surface area contributed by atoms with E-state index in [1.165, 1.54) is 14.1 Å². The lowest BCUT2D eigenvalue weighted by atomic mass is 10.3. The zero-order valence-corrected chi connectivity index (χ0v) is 14.7. The number of fused-ring (bicyclic) bond motifs is 1. The van der Waals surface area contributed by atoms with E-state index in [0.29, 0.717) is 0 Å². The molecule has 0 radical (unpaired) electrons. The first kappa shape index (κ1) is 18.9. The molecule has 10 nitrogen and oxygen atoms in total. The van der Waals surface area contributed by atoms with Gasteiger partial charge >= 0.3 is 11.7 Å². The van der Waals surface area contributed by atoms with Crippen molar-refractivity contribution in [2.45, 2.75) is 0 Å². The monoisotopic (exact) mass is 392 g/mol. The van der Waals surface area contributed by atoms with Crippen LogP contribution in [0.25, 0.3) is 11.1 Å². The van der Waals surface area contributed by atoms with Gasteiger partial charge in [-0.15, -0.1) is 0 Å². The van der Waals surface area contributed by atoms with Crippen molar-refractivity contribution in [1.82, 2.24) is 14.1 Å². The number of nitrogens with one attached hydrogen (secondary N) is 3. The van der Waals surface area contributed by atoms with Crippen LogP contribution in [0.15, 0.2) is 26.1 Å². The Balaban J connectivity index is 1.79. The number of oxazole rings is 1. The molecule has 3 aromatic rings. The summed E-state index contributed by atoms with van der Waals surface area (Å²) < 4.78 is 33.4. The SMILES string of the molecule is Cn1c(C=N)c(NCC(=O)Nc2nc3cc(F)c(F)cc3o2)c(=O)n(C)c1=O. The van der Waals surface area contributed by atoms with Gasteiger partial charge in [0.1, 0.15) is 11.2 Å². The van der Waals surface area contributed by atoms with Crippen molar-refractivity contribution >= 4 is 34.9 Å². The third kappa shape index (κ3) is 3.26. The number of aromatic nitrogens is 3. The van der Waals surface area contributed by atoms with Crippen LogP contribution in [-0.2, 0) is 18.9 Å². The van der Waals surface area contributed by atoms with Crippen LogP contribution in [0.5, 0.6) is 0 Å². The number of nitrogens with zero attached hydrogens (tertiary/aromatic N) is 3. The molecule has 12 heteroatoms. The molecule has 0 bridgehead atoms. The van der Waals surface area contributed by atoms with Crippen molar-refractivity contribution in [1.29, 1.82) is 5.41 Å². The standard InChI is InChI=1S/C16H14F2N6O4/c1-23-10(5-19)13(14(26)24(2)16(23)27)20-6-12(25)22-15-21-9-3-7(17)8(18)4-11(9)28-15/h3-5,19-20H,6H2,1-2H3,(H,21,22,25). The lowest BCUT2D eigenvalue weighted by Crippen LogP contribution is -2.41. The number of anilines is 2. The van der Waals surface area contributed by atoms with Gasteiger partial charge in [-0.2, -0.15) is 4.98 Å². The van der Waals surface area contributed by atoms with E-state index in [-0.39, 0.29) is 28.5 Å². The lowest BCUT2D eigenvalue weighted by Gasteiger charge is -2.13. The van der Waals surface area contributed by atoms with E-state index in [1.807, 2.05) is 0 Å². The maximum Gasteiger partial charge on any atom is 0.331 e. The first-order valence-electron chi connectivity index (χ1n) is 7.82. The Morgan fingerprint density at radius 1 is 1.25 bits per heavy atom. The van der Waals surface area contributed by atoms with Gasteiger partial charge in [-0.3, -0.25) is 24.0 Å². The molecule has 0 fully saturated rings. The van der Waals surface area contributed by atoms with Gasteiger partial charge in [0.25, 0.3) is 5.56 Å². The van der Waals surface area contributed by atoms with Gasteiger partial charge in [-0.1, -0.05) is 0 Å². The fourth-order valence-electron chi connectivity index (χ4n) is 2.50. The Morgan fingerprint density at radius 2 is 1.93 bits per heavy atom. The Kier molecular flexibility index (Phi) is 4.78. The second kappa shape index (κ2) is 7.06. The third-order valence-electron chi connectivity index (χ3n) is 3.95. The molecule has 1 aromatic carbocycles. The van der Waals surface area contributed by atoms with Crippen molar-refractivity contribution in [2.75, 3.05) is 17.2 Å². The largest absolute Gasteiger partial charge is 0.423 e. The molecule has 2 aromatic heterocycles. The van der Waals surface area contributed by atoms with Crippen molar-refractivity contribution in [2.24, 2.45) is 14.1 Å². The Morgan fingerprint density at radius 3 is 2.61 bits per heavy atom. The number of carbonyl (C=O) groups excluding carboxylic acids is 1. The summed E-state index contributed by atoms with van der Waals surface area (Å²) in [6, 6.07) is 1.34. The van der Waals surface area contributed by atoms with Crippen LogP contribution < -0.4 is 21.9 Å². The van der Waals surface area contributed by atoms with Crippen molar-refractivity contribution in [3.8, 4) is 0 Å². The first-order chi connectivity index (χ1) is 13.2. The van der Waals surface area contributed by atoms with Crippen LogP contribution in [-0.4, -0.2) is 32.8 Å². The third-order valence-corrected chi connectivity index (χ3v) is 3.95. The van der Waals surface area contributed by atoms with Gasteiger partial charge in [0.05, 0.1) is 12.2 Å². The molecule has 2 heterocycles. The summed E-state index contributed by atoms with van der Waals surface area (Å²) in [6.45, 7) is -0.421. The van der Waals surface area contributed by atoms with E-state index < -0.39 is 35.3 Å². The summed E-state index contributed by atoms with van der Waals surface area (Å²) in [6.07, 6.45) is 0.812. The Hall–Kier alpha value is -3.83. The number of carbonyl (C=O) groups is 1. The molecule has 0 aliphatic rings. The van der Waals surface area contributed by atoms with E-state index in [4.69, 9.17) is 9.83 Å². The summed E-state index contributed by atoms with van der Waals surface area (Å²) in [5.74, 6) is -2.91. The minimum atomic E-state index is -1.12. The minimum absolute atomic E-state index is 0.00582. The second-order valence-corrected chi connectivity index (χ2v) is 5.77. The molecule has 1 amide bonds. The highest BCUT2D eigenvalue weighted by Gasteiger charge is 2.16. The molecule has 28 heavy (non-hydrogen) atoms. The molecule has 0 saturated carbocycles. The Bertz CT molecular complexity index is 1190. The van der Waals surface area contributed by atoms with Gasteiger partial charge in [0.15, 0.2) is 17.2 Å². The van der Waals surface area contributed by atoms with Crippen LogP contribution in [0, 0.1) is 17.0 Å². The number of hydrogen-bond donors (Lipinski definition) is 3. The lowest BCUT2D eigenvalue weighted by molar-refractivity contribution is -0.114. The van der Waals surface area contributed by atoms with E-state index in [1.54, 1.807) is 0 Å². The highest BCUT2D eigenvalue weighted by atomic mass is 19.2. The molecular formula is C16H14F2N6O4. The molecule has 0 atom stereocenters. The zero-order valence-electron chi connectivity index (χ0n) is 14.7. The van der Waals surface area contributed by atoms with Gasteiger partial charge in [0.2, 0.25) is 5.91 Å². The molecule has 3 N–H and O–H groups in total. The molecule has 146 valence electrons. The number of benzene rings is 1. The second-order valence-electron chi connectivity index (χ2n) is 5.77. The first-order valence-corrected chi connectivity index (χ1v) is 7.82. The average molecular weight is 392 g/mol. The van der Waals surface area contributed by atoms with E-state index in [2.05, 4.69) is 15.6 Å². The van der Waals surface area contributed by atoms with E-state index in [9.17, 15) is 23.2 Å². The molecule has 0 saturated heterocycles. The van der Waals surface area contributed by atoms with Crippen LogP contribution >= 0.6 is 0 Å². The van der Waals surface area contributed by atoms with Crippen molar-refractivity contribution in [3.63, 3.8) is 0 Å². The summed E-state index contributed by atoms with van der Waals surface area (Å²) in [7, 11) is 2.64. The summed E-state index contributed by atoms with van der Waals surface area (Å²) in [5, 5.41) is 12.2. The van der Waals surface area contributed by atoms with Crippen LogP contribution in [0.4, 0.5) is 20.5 Å². The molecule has 0 aliphatic carbocycles. The smallest absolute Gasteiger partial charge is 0.331 e. The Labute approximate surface area is 154 Å². The topological polar surface area (TPSA) is 135 Å². The summed E-state index contributed by atoms with van der Waals surface area (Å²) >= 11 is 0. The normalized spacial score (nSPS) is 10.9. The molecule has 0 aliphatic heterocycles. The van der Waals surface area contributed by atoms with Crippen LogP contribution in [0.3, 0.4) is 0 Å². The van der Waals surface area contributed by atoms with Gasteiger partial charge in [0, 0.05) is 32.4 Å². The number of hydrogen-bond acceptors (Lipinski definition) is 7. The minimum Gasteiger partial charge on any atom is -0.423 e. The number of halogens is 2. The van der Waals surface area contributed by atoms with Crippen molar-refractivity contribution in [3.05, 3.63) is 50.3 Å². The fraction of sp³-hybridized carbons (Fsp3) is 0.188. The number of amides is 1. The number of rotatable bonds is 5. The molecule has 3 rings (SSSR count). The summed E-state index contributed by atoms with van der Waals surface area (Å²) in [4.78, 5) is 40.0. The maximum absolute atomic E-state index is 13.2. The molecule has 0 unspecified atom stereocenters. The predicted molar refractivity (Wildman–Crippen MR) is 95.9 cm³/mol. The zero-order chi connectivity index (χ0) is 20.6. The van der Waals surface area contributed by atoms with Crippen LogP contribution in [0.2, 0.25) is 0 Å². The van der Waals surface area contributed by atoms with Gasteiger partial charge in [-0.05, 0) is 0 Å². The highest BCUT2D eigenvalue weighted by Crippen LogP contribution is 2.21. The average Bonchev–Trinajstić information content (AvgIpc) is 3.02. The summed E-state index contributed by atoms with van der Waals surface area (Å²) in [5.41, 5.74) is -1.49. The quantitative estimate of drug-likeness (QED) is 0.543. The fourth-order valence-corrected chi connectivity index (χ4v) is 2.50. The van der Waals surface area contributed by atoms with Crippen molar-refractivity contribution < 1.29 is 18.0 Å². The van der Waals surface area contributed by atoms with Gasteiger partial charge in [-0.25, -0.2) is 13.6 Å². The van der Waals surface area contributed by atoms with E-state index in [0.717, 1.165) is 27.5 Å². The molecular weight excluding hydrogens is 378 g/mol. The highest BCUT2D eigenvalue weighted by molar-refractivity contribution is 5.94. The maximum atomic E-state index is 13.2. The predicted octanol–water partition coefficient (Wildman–Crippen LogP) is 0.552. The van der Waals surface area contributed by atoms with E-state index >= 15 is 0 Å².